The van der Waals surface area contributed by atoms with Crippen LogP contribution in [0.3, 0.4) is 0 Å². The third-order valence-electron chi connectivity index (χ3n) is 6.91. The Bertz CT molecular complexity index is 1550. The van der Waals surface area contributed by atoms with Gasteiger partial charge in [-0.05, 0) is 89.8 Å². The minimum atomic E-state index is -4.82. The Kier molecular flexibility index (Phi) is 24.3. The molecule has 9 nitrogen and oxygen atoms in total. The predicted octanol–water partition coefficient (Wildman–Crippen LogP) is -4.48. The van der Waals surface area contributed by atoms with Gasteiger partial charge < -0.3 is 13.7 Å². The number of rotatable bonds is 6. The number of hydrogen-bond acceptors (Lipinski definition) is 9. The van der Waals surface area contributed by atoms with E-state index in [1.165, 1.54) is 66.0 Å². The van der Waals surface area contributed by atoms with Gasteiger partial charge in [-0.15, -0.1) is 0 Å². The van der Waals surface area contributed by atoms with Crippen LogP contribution in [0.1, 0.15) is 34.6 Å². The Morgan fingerprint density at radius 1 is 0.489 bits per heavy atom. The summed E-state index contributed by atoms with van der Waals surface area (Å²) in [6, 6.07) is 14.8. The van der Waals surface area contributed by atoms with Crippen LogP contribution in [0.2, 0.25) is 0 Å². The molecule has 1 aliphatic carbocycles. The molecule has 1 saturated carbocycles. The molecule has 0 spiro atoms. The van der Waals surface area contributed by atoms with Gasteiger partial charge in [0.2, 0.25) is 0 Å². The van der Waals surface area contributed by atoms with Crippen molar-refractivity contribution in [3.05, 3.63) is 102 Å². The number of halogens is 2. The van der Waals surface area contributed by atoms with Gasteiger partial charge in [-0.1, -0.05) is 71.0 Å². The fraction of sp³-hybridized carbons (Fsp3) is 0.179. The summed E-state index contributed by atoms with van der Waals surface area (Å²) < 4.78 is 103. The van der Waals surface area contributed by atoms with Crippen LogP contribution < -0.4 is 105 Å². The summed E-state index contributed by atoms with van der Waals surface area (Å²) in [7, 11) is -6.52. The van der Waals surface area contributed by atoms with Crippen LogP contribution in [0.15, 0.2) is 87.5 Å². The molecule has 3 aromatic carbocycles. The molecule has 0 heterocycles. The Hall–Kier alpha value is 2.05. The molecule has 19 heteroatoms. The molecule has 0 unspecified atom stereocenters. The zero-order chi connectivity index (χ0) is 33.6. The second kappa shape index (κ2) is 22.3. The van der Waals surface area contributed by atoms with Crippen molar-refractivity contribution in [1.29, 1.82) is 0 Å². The minimum absolute atomic E-state index is 0. The minimum Gasteiger partial charge on any atom is 1.00 e. The molecule has 1 fully saturated rings. The standard InChI is InChI=1S/C18H15O9PS3.C10H15.2ClH.Ir.3Na/c19-29(20,21)16-7-1-4-13(10-16)28(14-5-2-8-17(11-14)30(22,23)24)15-6-3-9-18(12-15)31(25,26)27;1-6-7(2)9(4)10(5)8(6)3;;;;;;/h1-12H,(H,19,20,21)(H,22,23,24)(H,25,26,27);1-5H3;2*1H;;;;/q;;;;+3;3*+1/p-5. The van der Waals surface area contributed by atoms with Crippen molar-refractivity contribution in [2.45, 2.75) is 49.3 Å². The van der Waals surface area contributed by atoms with E-state index in [9.17, 15) is 38.9 Å². The van der Waals surface area contributed by atoms with Gasteiger partial charge in [-0.3, -0.25) is 0 Å². The van der Waals surface area contributed by atoms with E-state index in [1.807, 2.05) is 0 Å². The summed E-state index contributed by atoms with van der Waals surface area (Å²) in [6.07, 6.45) is 0. The molecule has 4 rings (SSSR count). The van der Waals surface area contributed by atoms with E-state index in [1.54, 1.807) is 0 Å². The maximum absolute atomic E-state index is 11.5. The first kappa shape index (κ1) is 51.2. The normalized spacial score (nSPS) is 15.0. The van der Waals surface area contributed by atoms with Gasteiger partial charge in [0.1, 0.15) is 30.4 Å². The summed E-state index contributed by atoms with van der Waals surface area (Å²) in [6.45, 7) is 11.0. The van der Waals surface area contributed by atoms with Crippen molar-refractivity contribution >= 4 is 73.4 Å². The largest absolute Gasteiger partial charge is 1.00 e. The maximum Gasteiger partial charge on any atom is 1.00 e. The number of hydrogen-bond donors (Lipinski definition) is 0. The molecule has 5 radical (unpaired) electrons. The topological polar surface area (TPSA) is 172 Å². The zero-order valence-corrected chi connectivity index (χ0v) is 40.1. The van der Waals surface area contributed by atoms with Crippen molar-refractivity contribution < 1.29 is 143 Å². The molecular weight excluding hydrogens is 940 g/mol. The predicted molar refractivity (Wildman–Crippen MR) is 165 cm³/mol. The Balaban J connectivity index is 0. The van der Waals surface area contributed by atoms with E-state index in [0.717, 1.165) is 36.4 Å². The molecule has 241 valence electrons. The Labute approximate surface area is 363 Å². The third kappa shape index (κ3) is 15.1. The summed E-state index contributed by atoms with van der Waals surface area (Å²) in [5.41, 5.74) is 0. The van der Waals surface area contributed by atoms with Crippen molar-refractivity contribution in [3.8, 4) is 0 Å². The van der Waals surface area contributed by atoms with Gasteiger partial charge >= 0.3 is 124 Å². The molecule has 47 heavy (non-hydrogen) atoms. The Morgan fingerprint density at radius 3 is 0.851 bits per heavy atom. The molecule has 0 N–H and O–H groups in total. The van der Waals surface area contributed by atoms with Gasteiger partial charge in [0.05, 0.1) is 14.7 Å². The first-order valence-corrected chi connectivity index (χ1v) is 23.8. The van der Waals surface area contributed by atoms with Crippen LogP contribution in [0.5, 0.6) is 0 Å². The van der Waals surface area contributed by atoms with Crippen molar-refractivity contribution in [2.24, 2.45) is 0 Å². The van der Waals surface area contributed by atoms with E-state index in [0.29, 0.717) is 0 Å². The molecule has 0 amide bonds. The quantitative estimate of drug-likeness (QED) is 0.134. The van der Waals surface area contributed by atoms with Crippen LogP contribution in [0.4, 0.5) is 0 Å². The molecule has 0 bridgehead atoms. The molecule has 1 aliphatic rings. The first-order chi connectivity index (χ1) is 20.2. The fourth-order valence-electron chi connectivity index (χ4n) is 4.19. The summed E-state index contributed by atoms with van der Waals surface area (Å²) >= 11 is -0.556. The van der Waals surface area contributed by atoms with Crippen molar-refractivity contribution in [1.82, 2.24) is 0 Å². The molecule has 0 saturated heterocycles. The first-order valence-electron chi connectivity index (χ1n) is 12.2. The van der Waals surface area contributed by atoms with Crippen molar-refractivity contribution in [2.75, 3.05) is 0 Å². The molecular formula is C28H27Cl2IrNa3O9PS3+. The van der Waals surface area contributed by atoms with Crippen LogP contribution >= 0.6 is 27.1 Å². The SMILES string of the molecule is C[C]1[C](C)[C](C)[C](C)[C]1C.O=S(=O)([O-])c1cccc(P(c2cccc(S(=O)(=O)[O-])c2)c2cccc(S(=O)(=O)[O-])c2)c1.[Cl][Ir+][Cl].[Na+].[Na+].[Na+]. The molecule has 0 aliphatic heterocycles. The molecule has 0 aromatic heterocycles. The zero-order valence-electron chi connectivity index (χ0n) is 26.9. The van der Waals surface area contributed by atoms with E-state index >= 15 is 0 Å². The maximum atomic E-state index is 11.5. The Morgan fingerprint density at radius 2 is 0.681 bits per heavy atom. The van der Waals surface area contributed by atoms with Gasteiger partial charge in [0.15, 0.2) is 0 Å². The van der Waals surface area contributed by atoms with E-state index < -0.39 is 68.6 Å². The summed E-state index contributed by atoms with van der Waals surface area (Å²) in [5.74, 6) is 7.34. The number of benzene rings is 3. The smallest absolute Gasteiger partial charge is 1.00 e. The summed E-state index contributed by atoms with van der Waals surface area (Å²) in [5, 5.41) is 0.772. The van der Waals surface area contributed by atoms with Gasteiger partial charge in [-0.2, -0.15) is 0 Å². The molecule has 3 aromatic rings. The molecule has 0 atom stereocenters. The van der Waals surface area contributed by atoms with Crippen LogP contribution in [-0.2, 0) is 46.0 Å². The summed E-state index contributed by atoms with van der Waals surface area (Å²) in [4.78, 5) is -1.63. The van der Waals surface area contributed by atoms with E-state index in [-0.39, 0.29) is 105 Å². The third-order valence-corrected chi connectivity index (χ3v) is 11.8. The average molecular weight is 967 g/mol. The van der Waals surface area contributed by atoms with Crippen LogP contribution in [0, 0.1) is 29.6 Å². The average Bonchev–Trinajstić information content (AvgIpc) is 3.10. The van der Waals surface area contributed by atoms with Gasteiger partial charge in [0, 0.05) is 0 Å². The van der Waals surface area contributed by atoms with Crippen molar-refractivity contribution in [3.63, 3.8) is 0 Å². The second-order valence-electron chi connectivity index (χ2n) is 9.36. The van der Waals surface area contributed by atoms with E-state index in [2.05, 4.69) is 34.6 Å². The van der Waals surface area contributed by atoms with Crippen LogP contribution in [0.25, 0.3) is 0 Å². The fourth-order valence-corrected chi connectivity index (χ4v) is 8.40. The van der Waals surface area contributed by atoms with Crippen LogP contribution in [-0.4, -0.2) is 38.9 Å². The van der Waals surface area contributed by atoms with Gasteiger partial charge in [-0.25, -0.2) is 25.3 Å². The van der Waals surface area contributed by atoms with Gasteiger partial charge in [0.25, 0.3) is 0 Å². The monoisotopic (exact) mass is 966 g/mol. The second-order valence-corrected chi connectivity index (χ2v) is 19.2. The van der Waals surface area contributed by atoms with E-state index in [4.69, 9.17) is 19.2 Å².